The molecule has 1 N–H and O–H groups in total. The zero-order valence-corrected chi connectivity index (χ0v) is 13.4. The number of carbonyl (C=O) groups excluding carboxylic acids is 1. The van der Waals surface area contributed by atoms with Crippen LogP contribution in [0.15, 0.2) is 48.5 Å². The van der Waals surface area contributed by atoms with Crippen LogP contribution in [0.3, 0.4) is 0 Å². The second-order valence-corrected chi connectivity index (χ2v) is 5.65. The summed E-state index contributed by atoms with van der Waals surface area (Å²) in [6, 6.07) is 14.2. The van der Waals surface area contributed by atoms with Gasteiger partial charge in [0.15, 0.2) is 0 Å². The number of rotatable bonds is 2. The highest BCUT2D eigenvalue weighted by atomic mass is 16.5. The minimum atomic E-state index is -0.424. The van der Waals surface area contributed by atoms with Crippen LogP contribution < -0.4 is 4.74 Å². The Morgan fingerprint density at radius 1 is 1.08 bits per heavy atom. The lowest BCUT2D eigenvalue weighted by atomic mass is 9.97. The zero-order chi connectivity index (χ0) is 16.9. The van der Waals surface area contributed by atoms with Gasteiger partial charge in [-0.25, -0.2) is 0 Å². The fourth-order valence-electron chi connectivity index (χ4n) is 2.60. The first-order valence-corrected chi connectivity index (χ1v) is 7.76. The molecule has 0 unspecified atom stereocenters. The first kappa shape index (κ1) is 16.1. The fraction of sp³-hybridized carbons (Fsp3) is 0.250. The SMILES string of the molecule is COc1ccc([C@@H]2CC(=O)C[C@H](C#Cc3ccc(O)cc3)O2)cc1. The number of phenols is 1. The average Bonchev–Trinajstić information content (AvgIpc) is 2.61. The summed E-state index contributed by atoms with van der Waals surface area (Å²) >= 11 is 0. The van der Waals surface area contributed by atoms with Crippen LogP contribution >= 0.6 is 0 Å². The van der Waals surface area contributed by atoms with Crippen LogP contribution in [0.5, 0.6) is 11.5 Å². The van der Waals surface area contributed by atoms with E-state index in [1.807, 2.05) is 24.3 Å². The van der Waals surface area contributed by atoms with Gasteiger partial charge in [-0.15, -0.1) is 0 Å². The number of Topliss-reactive ketones (excluding diaryl/α,β-unsaturated/α-hetero) is 1. The Balaban J connectivity index is 1.73. The largest absolute Gasteiger partial charge is 0.508 e. The van der Waals surface area contributed by atoms with Crippen LogP contribution in [0.25, 0.3) is 0 Å². The van der Waals surface area contributed by atoms with Crippen LogP contribution in [0.4, 0.5) is 0 Å². The number of aromatic hydroxyl groups is 1. The van der Waals surface area contributed by atoms with E-state index in [9.17, 15) is 9.90 Å². The molecular weight excluding hydrogens is 304 g/mol. The Labute approximate surface area is 141 Å². The molecule has 4 nitrogen and oxygen atoms in total. The number of benzene rings is 2. The second kappa shape index (κ2) is 7.20. The van der Waals surface area contributed by atoms with E-state index in [4.69, 9.17) is 9.47 Å². The monoisotopic (exact) mass is 322 g/mol. The molecule has 2 atom stereocenters. The number of methoxy groups -OCH3 is 1. The highest BCUT2D eigenvalue weighted by molar-refractivity contribution is 5.80. The highest BCUT2D eigenvalue weighted by Gasteiger charge is 2.27. The number of ketones is 1. The molecule has 1 fully saturated rings. The molecule has 24 heavy (non-hydrogen) atoms. The van der Waals surface area contributed by atoms with Gasteiger partial charge in [-0.1, -0.05) is 24.0 Å². The smallest absolute Gasteiger partial charge is 0.139 e. The van der Waals surface area contributed by atoms with Gasteiger partial charge in [0.05, 0.1) is 13.2 Å². The maximum atomic E-state index is 12.0. The van der Waals surface area contributed by atoms with Crippen molar-refractivity contribution in [3.63, 3.8) is 0 Å². The lowest BCUT2D eigenvalue weighted by molar-refractivity contribution is -0.132. The zero-order valence-electron chi connectivity index (χ0n) is 13.4. The normalized spacial score (nSPS) is 20.1. The van der Waals surface area contributed by atoms with E-state index in [-0.39, 0.29) is 17.6 Å². The lowest BCUT2D eigenvalue weighted by Gasteiger charge is -2.26. The molecular formula is C20H18O4. The summed E-state index contributed by atoms with van der Waals surface area (Å²) in [6.07, 6.45) is -0.0370. The van der Waals surface area contributed by atoms with Gasteiger partial charge in [0.2, 0.25) is 0 Å². The molecule has 0 bridgehead atoms. The van der Waals surface area contributed by atoms with Crippen molar-refractivity contribution >= 4 is 5.78 Å². The van der Waals surface area contributed by atoms with Crippen molar-refractivity contribution < 1.29 is 19.4 Å². The van der Waals surface area contributed by atoms with Crippen molar-refractivity contribution in [2.75, 3.05) is 7.11 Å². The van der Waals surface area contributed by atoms with Crippen molar-refractivity contribution in [1.29, 1.82) is 0 Å². The van der Waals surface area contributed by atoms with E-state index in [0.717, 1.165) is 16.9 Å². The minimum Gasteiger partial charge on any atom is -0.508 e. The third-order valence-electron chi connectivity index (χ3n) is 3.89. The predicted molar refractivity (Wildman–Crippen MR) is 89.8 cm³/mol. The third-order valence-corrected chi connectivity index (χ3v) is 3.89. The van der Waals surface area contributed by atoms with Crippen LogP contribution in [0.1, 0.15) is 30.1 Å². The van der Waals surface area contributed by atoms with E-state index in [1.165, 1.54) is 0 Å². The number of hydrogen-bond donors (Lipinski definition) is 1. The first-order valence-electron chi connectivity index (χ1n) is 7.76. The summed E-state index contributed by atoms with van der Waals surface area (Å²) in [5, 5.41) is 9.28. The topological polar surface area (TPSA) is 55.8 Å². The summed E-state index contributed by atoms with van der Waals surface area (Å²) in [4.78, 5) is 12.0. The number of phenolic OH excluding ortho intramolecular Hbond substituents is 1. The molecule has 0 aromatic heterocycles. The Morgan fingerprint density at radius 3 is 2.46 bits per heavy atom. The quantitative estimate of drug-likeness (QED) is 0.863. The summed E-state index contributed by atoms with van der Waals surface area (Å²) in [7, 11) is 1.62. The van der Waals surface area contributed by atoms with Gasteiger partial charge in [0.25, 0.3) is 0 Å². The molecule has 2 aromatic carbocycles. The number of ether oxygens (including phenoxy) is 2. The van der Waals surface area contributed by atoms with Gasteiger partial charge >= 0.3 is 0 Å². The maximum absolute atomic E-state index is 12.0. The first-order chi connectivity index (χ1) is 11.6. The fourth-order valence-corrected chi connectivity index (χ4v) is 2.60. The van der Waals surface area contributed by atoms with Crippen LogP contribution in [-0.2, 0) is 9.53 Å². The van der Waals surface area contributed by atoms with Crippen molar-refractivity contribution in [2.24, 2.45) is 0 Å². The molecule has 3 rings (SSSR count). The molecule has 1 aliphatic heterocycles. The predicted octanol–water partition coefficient (Wildman–Crippen LogP) is 3.24. The molecule has 0 spiro atoms. The van der Waals surface area contributed by atoms with Gasteiger partial charge in [-0.05, 0) is 42.0 Å². The molecule has 1 aliphatic rings. The van der Waals surface area contributed by atoms with Gasteiger partial charge in [-0.2, -0.15) is 0 Å². The van der Waals surface area contributed by atoms with Crippen molar-refractivity contribution in [3.05, 3.63) is 59.7 Å². The Morgan fingerprint density at radius 2 is 1.79 bits per heavy atom. The van der Waals surface area contributed by atoms with E-state index in [0.29, 0.717) is 12.8 Å². The Kier molecular flexibility index (Phi) is 4.83. The number of hydrogen-bond acceptors (Lipinski definition) is 4. The lowest BCUT2D eigenvalue weighted by Crippen LogP contribution is -2.27. The molecule has 0 aliphatic carbocycles. The molecule has 0 radical (unpaired) electrons. The van der Waals surface area contributed by atoms with Gasteiger partial charge in [-0.3, -0.25) is 4.79 Å². The summed E-state index contributed by atoms with van der Waals surface area (Å²) < 4.78 is 11.1. The molecule has 1 saturated heterocycles. The summed E-state index contributed by atoms with van der Waals surface area (Å²) in [5.41, 5.74) is 1.72. The van der Waals surface area contributed by atoms with Crippen LogP contribution in [0.2, 0.25) is 0 Å². The molecule has 1 heterocycles. The van der Waals surface area contributed by atoms with E-state index >= 15 is 0 Å². The second-order valence-electron chi connectivity index (χ2n) is 5.65. The molecule has 0 amide bonds. The Bertz CT molecular complexity index is 766. The third kappa shape index (κ3) is 3.95. The standard InChI is InChI=1S/C20H18O4/c1-23-18-10-5-15(6-11-18)20-13-17(22)12-19(24-20)9-4-14-2-7-16(21)8-3-14/h2-3,5-8,10-11,19-21H,12-13H2,1H3/t19-,20-/m0/s1. The van der Waals surface area contributed by atoms with Crippen LogP contribution in [0, 0.1) is 11.8 Å². The van der Waals surface area contributed by atoms with Gasteiger partial charge in [0, 0.05) is 18.4 Å². The highest BCUT2D eigenvalue weighted by Crippen LogP contribution is 2.30. The van der Waals surface area contributed by atoms with E-state index < -0.39 is 6.10 Å². The average molecular weight is 322 g/mol. The van der Waals surface area contributed by atoms with Crippen molar-refractivity contribution in [2.45, 2.75) is 25.0 Å². The van der Waals surface area contributed by atoms with Gasteiger partial charge < -0.3 is 14.6 Å². The van der Waals surface area contributed by atoms with E-state index in [1.54, 1.807) is 31.4 Å². The minimum absolute atomic E-state index is 0.145. The van der Waals surface area contributed by atoms with Crippen molar-refractivity contribution in [3.8, 4) is 23.3 Å². The van der Waals surface area contributed by atoms with E-state index in [2.05, 4.69) is 11.8 Å². The van der Waals surface area contributed by atoms with Crippen molar-refractivity contribution in [1.82, 2.24) is 0 Å². The summed E-state index contributed by atoms with van der Waals surface area (Å²) in [5.74, 6) is 7.12. The van der Waals surface area contributed by atoms with Gasteiger partial charge in [0.1, 0.15) is 23.4 Å². The molecule has 0 saturated carbocycles. The number of carbonyl (C=O) groups is 1. The molecule has 4 heteroatoms. The summed E-state index contributed by atoms with van der Waals surface area (Å²) in [6.45, 7) is 0. The van der Waals surface area contributed by atoms with Crippen LogP contribution in [-0.4, -0.2) is 24.1 Å². The maximum Gasteiger partial charge on any atom is 0.139 e. The molecule has 122 valence electrons. The Hall–Kier alpha value is -2.77. The molecule has 2 aromatic rings.